The van der Waals surface area contributed by atoms with Gasteiger partial charge in [-0.05, 0) is 54.1 Å². The van der Waals surface area contributed by atoms with Gasteiger partial charge in [-0.15, -0.1) is 11.3 Å². The molecule has 2 fully saturated rings. The van der Waals surface area contributed by atoms with Crippen molar-refractivity contribution in [2.45, 2.75) is 38.6 Å². The molecule has 1 aromatic rings. The van der Waals surface area contributed by atoms with Crippen molar-refractivity contribution in [2.75, 3.05) is 26.2 Å². The van der Waals surface area contributed by atoms with Crippen LogP contribution < -0.4 is 0 Å². The van der Waals surface area contributed by atoms with Crippen molar-refractivity contribution in [1.82, 2.24) is 14.8 Å². The molecular weight excluding hydrogens is 350 g/mol. The van der Waals surface area contributed by atoms with Gasteiger partial charge in [-0.1, -0.05) is 6.92 Å². The topological polar surface area (TPSA) is 36.4 Å². The maximum Gasteiger partial charge on any atom is 0.282 e. The van der Waals surface area contributed by atoms with Gasteiger partial charge in [0.05, 0.1) is 9.98 Å². The molecule has 2 aliphatic heterocycles. The summed E-state index contributed by atoms with van der Waals surface area (Å²) >= 11 is 4.79. The Morgan fingerprint density at radius 1 is 1.33 bits per heavy atom. The number of carbonyl (C=O) groups is 1. The molecule has 21 heavy (non-hydrogen) atoms. The molecule has 4 nitrogen and oxygen atoms in total. The summed E-state index contributed by atoms with van der Waals surface area (Å²) in [4.78, 5) is 21.2. The summed E-state index contributed by atoms with van der Waals surface area (Å²) < 4.78 is 0.919. The highest BCUT2D eigenvalue weighted by Gasteiger charge is 2.30. The van der Waals surface area contributed by atoms with Gasteiger partial charge in [-0.3, -0.25) is 9.69 Å². The predicted molar refractivity (Wildman–Crippen MR) is 88.7 cm³/mol. The van der Waals surface area contributed by atoms with Crippen LogP contribution in [0.4, 0.5) is 0 Å². The van der Waals surface area contributed by atoms with Gasteiger partial charge in [0.15, 0.2) is 5.01 Å². The van der Waals surface area contributed by atoms with Gasteiger partial charge < -0.3 is 4.90 Å². The lowest BCUT2D eigenvalue weighted by Crippen LogP contribution is -2.49. The van der Waals surface area contributed by atoms with Gasteiger partial charge in [-0.25, -0.2) is 4.98 Å². The summed E-state index contributed by atoms with van der Waals surface area (Å²) in [6, 6.07) is 0.667. The van der Waals surface area contributed by atoms with Crippen molar-refractivity contribution in [3.8, 4) is 0 Å². The number of hydrogen-bond donors (Lipinski definition) is 0. The van der Waals surface area contributed by atoms with E-state index in [1.54, 1.807) is 6.20 Å². The van der Waals surface area contributed by atoms with Crippen molar-refractivity contribution in [3.63, 3.8) is 0 Å². The summed E-state index contributed by atoms with van der Waals surface area (Å²) in [6.07, 6.45) is 6.61. The molecule has 0 aliphatic carbocycles. The van der Waals surface area contributed by atoms with Crippen LogP contribution in [0.5, 0.6) is 0 Å². The predicted octanol–water partition coefficient (Wildman–Crippen LogP) is 3.24. The number of rotatable bonds is 2. The van der Waals surface area contributed by atoms with Crippen molar-refractivity contribution < 1.29 is 4.79 Å². The zero-order valence-electron chi connectivity index (χ0n) is 12.4. The minimum atomic E-state index is 0.0937. The van der Waals surface area contributed by atoms with Gasteiger partial charge in [0, 0.05) is 25.7 Å². The summed E-state index contributed by atoms with van der Waals surface area (Å²) in [7, 11) is 0. The number of hydrogen-bond acceptors (Lipinski definition) is 4. The average molecular weight is 372 g/mol. The van der Waals surface area contributed by atoms with Gasteiger partial charge in [0.2, 0.25) is 0 Å². The Labute approximate surface area is 138 Å². The van der Waals surface area contributed by atoms with E-state index in [0.717, 1.165) is 35.6 Å². The van der Waals surface area contributed by atoms with Crippen molar-refractivity contribution in [3.05, 3.63) is 15.0 Å². The quantitative estimate of drug-likeness (QED) is 0.800. The third-order valence-corrected chi connectivity index (χ3v) is 6.08. The van der Waals surface area contributed by atoms with Crippen LogP contribution in [-0.2, 0) is 0 Å². The summed E-state index contributed by atoms with van der Waals surface area (Å²) in [5.74, 6) is 0.919. The lowest BCUT2D eigenvalue weighted by atomic mass is 9.95. The van der Waals surface area contributed by atoms with E-state index in [4.69, 9.17) is 0 Å². The molecule has 1 aromatic heterocycles. The molecule has 0 unspecified atom stereocenters. The zero-order valence-corrected chi connectivity index (χ0v) is 14.8. The smallest absolute Gasteiger partial charge is 0.282 e. The van der Waals surface area contributed by atoms with Crippen molar-refractivity contribution in [1.29, 1.82) is 0 Å². The molecule has 1 atom stereocenters. The monoisotopic (exact) mass is 371 g/mol. The maximum atomic E-state index is 12.4. The molecule has 116 valence electrons. The molecule has 0 saturated carbocycles. The van der Waals surface area contributed by atoms with Crippen LogP contribution in [0, 0.1) is 5.92 Å². The number of aromatic nitrogens is 1. The normalized spacial score (nSPS) is 25.2. The fraction of sp³-hybridized carbons (Fsp3) is 0.733. The number of piperidine rings is 2. The molecule has 2 saturated heterocycles. The number of likely N-dealkylation sites (tertiary alicyclic amines) is 2. The molecule has 0 spiro atoms. The third kappa shape index (κ3) is 3.66. The lowest BCUT2D eigenvalue weighted by Gasteiger charge is -2.41. The Kier molecular flexibility index (Phi) is 4.96. The highest BCUT2D eigenvalue weighted by atomic mass is 79.9. The van der Waals surface area contributed by atoms with E-state index >= 15 is 0 Å². The van der Waals surface area contributed by atoms with Gasteiger partial charge in [0.25, 0.3) is 5.91 Å². The second kappa shape index (κ2) is 6.75. The van der Waals surface area contributed by atoms with Gasteiger partial charge in [-0.2, -0.15) is 0 Å². The first-order valence-corrected chi connectivity index (χ1v) is 9.39. The summed E-state index contributed by atoms with van der Waals surface area (Å²) in [5, 5.41) is 0.604. The Balaban J connectivity index is 1.54. The Bertz CT molecular complexity index is 499. The zero-order chi connectivity index (χ0) is 14.8. The van der Waals surface area contributed by atoms with Crippen LogP contribution in [0.2, 0.25) is 0 Å². The first-order chi connectivity index (χ1) is 10.1. The minimum Gasteiger partial charge on any atom is -0.336 e. The van der Waals surface area contributed by atoms with E-state index in [9.17, 15) is 4.79 Å². The summed E-state index contributed by atoms with van der Waals surface area (Å²) in [6.45, 7) is 6.56. The number of amides is 1. The van der Waals surface area contributed by atoms with E-state index in [0.29, 0.717) is 11.0 Å². The lowest BCUT2D eigenvalue weighted by molar-refractivity contribution is 0.0541. The van der Waals surface area contributed by atoms with Crippen LogP contribution in [0.25, 0.3) is 0 Å². The number of carbonyl (C=O) groups excluding carboxylic acids is 1. The highest BCUT2D eigenvalue weighted by molar-refractivity contribution is 9.11. The van der Waals surface area contributed by atoms with Crippen molar-refractivity contribution >= 4 is 33.2 Å². The molecule has 3 rings (SSSR count). The molecule has 6 heteroatoms. The van der Waals surface area contributed by atoms with Crippen LogP contribution in [0.3, 0.4) is 0 Å². The maximum absolute atomic E-state index is 12.4. The number of thiazole rings is 1. The van der Waals surface area contributed by atoms with Gasteiger partial charge in [0.1, 0.15) is 0 Å². The number of halogens is 1. The van der Waals surface area contributed by atoms with Crippen LogP contribution in [-0.4, -0.2) is 52.9 Å². The molecule has 3 heterocycles. The standard InChI is InChI=1S/C15H22BrN3OS/c1-11-3-2-6-19(10-11)12-4-7-18(8-5-12)15(20)14-17-9-13(16)21-14/h9,11-12H,2-8,10H2,1H3/t11-/m1/s1. The average Bonchev–Trinajstić information content (AvgIpc) is 2.93. The van der Waals surface area contributed by atoms with E-state index in [-0.39, 0.29) is 5.91 Å². The molecule has 0 radical (unpaired) electrons. The summed E-state index contributed by atoms with van der Waals surface area (Å²) in [5.41, 5.74) is 0. The SMILES string of the molecule is C[C@@H]1CCCN(C2CCN(C(=O)c3ncc(Br)s3)CC2)C1. The first kappa shape index (κ1) is 15.4. The van der Waals surface area contributed by atoms with E-state index in [1.165, 1.54) is 37.3 Å². The van der Waals surface area contributed by atoms with Crippen molar-refractivity contribution in [2.24, 2.45) is 5.92 Å². The fourth-order valence-corrected chi connectivity index (χ4v) is 4.65. The molecule has 0 bridgehead atoms. The first-order valence-electron chi connectivity index (χ1n) is 7.78. The van der Waals surface area contributed by atoms with Crippen LogP contribution >= 0.6 is 27.3 Å². The second-order valence-electron chi connectivity index (χ2n) is 6.24. The van der Waals surface area contributed by atoms with Gasteiger partial charge >= 0.3 is 0 Å². The molecule has 0 aromatic carbocycles. The fourth-order valence-electron chi connectivity index (χ4n) is 3.48. The molecular formula is C15H22BrN3OS. The second-order valence-corrected chi connectivity index (χ2v) is 8.65. The Morgan fingerprint density at radius 2 is 2.10 bits per heavy atom. The molecule has 0 N–H and O–H groups in total. The largest absolute Gasteiger partial charge is 0.336 e. The van der Waals surface area contributed by atoms with Crippen LogP contribution in [0.1, 0.15) is 42.4 Å². The highest BCUT2D eigenvalue weighted by Crippen LogP contribution is 2.25. The van der Waals surface area contributed by atoms with E-state index in [1.807, 2.05) is 4.90 Å². The van der Waals surface area contributed by atoms with E-state index < -0.39 is 0 Å². The minimum absolute atomic E-state index is 0.0937. The molecule has 1 amide bonds. The Morgan fingerprint density at radius 3 is 2.71 bits per heavy atom. The number of nitrogens with zero attached hydrogens (tertiary/aromatic N) is 3. The Hall–Kier alpha value is -0.460. The van der Waals surface area contributed by atoms with E-state index in [2.05, 4.69) is 32.7 Å². The molecule has 2 aliphatic rings. The van der Waals surface area contributed by atoms with Crippen LogP contribution in [0.15, 0.2) is 9.98 Å². The third-order valence-electron chi connectivity index (χ3n) is 4.62.